The van der Waals surface area contributed by atoms with Crippen molar-refractivity contribution in [3.8, 4) is 12.3 Å². The number of esters is 1. The Hall–Kier alpha value is -2.51. The van der Waals surface area contributed by atoms with E-state index in [9.17, 15) is 14.7 Å². The van der Waals surface area contributed by atoms with E-state index in [-0.39, 0.29) is 31.4 Å². The van der Waals surface area contributed by atoms with Gasteiger partial charge in [-0.3, -0.25) is 9.69 Å². The van der Waals surface area contributed by atoms with Gasteiger partial charge in [0.15, 0.2) is 0 Å². The Bertz CT molecular complexity index is 989. The summed E-state index contributed by atoms with van der Waals surface area (Å²) in [4.78, 5) is 35.0. The number of aromatic amines is 1. The molecule has 162 valence electrons. The fraction of sp³-hybridized carbons (Fsp3) is 0.476. The van der Waals surface area contributed by atoms with Crippen LogP contribution < -0.4 is 5.56 Å². The topological polar surface area (TPSA) is 105 Å². The first-order valence-electron chi connectivity index (χ1n) is 9.52. The van der Waals surface area contributed by atoms with Crippen molar-refractivity contribution in [1.82, 2.24) is 14.9 Å². The number of H-pyrrole nitrogens is 1. The van der Waals surface area contributed by atoms with Crippen molar-refractivity contribution in [2.75, 3.05) is 26.4 Å². The summed E-state index contributed by atoms with van der Waals surface area (Å²) in [6, 6.07) is 0.0859. The van der Waals surface area contributed by atoms with Gasteiger partial charge in [-0.15, -0.1) is 17.8 Å². The first-order valence-corrected chi connectivity index (χ1v) is 10.3. The molecule has 0 aliphatic rings. The molecule has 2 rings (SSSR count). The van der Waals surface area contributed by atoms with Crippen LogP contribution in [0.1, 0.15) is 34.9 Å². The van der Waals surface area contributed by atoms with E-state index in [0.29, 0.717) is 39.6 Å². The monoisotopic (exact) mass is 433 g/mol. The Balaban J connectivity index is 2.24. The first-order chi connectivity index (χ1) is 14.3. The molecule has 0 aliphatic carbocycles. The van der Waals surface area contributed by atoms with E-state index in [1.807, 2.05) is 18.7 Å². The summed E-state index contributed by atoms with van der Waals surface area (Å²) in [5, 5.41) is 10.6. The third-order valence-corrected chi connectivity index (χ3v) is 5.56. The highest BCUT2D eigenvalue weighted by atomic mass is 32.1. The highest BCUT2D eigenvalue weighted by molar-refractivity contribution is 7.20. The number of carbonyl (C=O) groups is 1. The third kappa shape index (κ3) is 6.00. The molecule has 2 heterocycles. The second-order valence-corrected chi connectivity index (χ2v) is 8.03. The van der Waals surface area contributed by atoms with E-state index in [1.165, 1.54) is 6.08 Å². The molecule has 0 bridgehead atoms. The van der Waals surface area contributed by atoms with Crippen LogP contribution in [0.3, 0.4) is 0 Å². The van der Waals surface area contributed by atoms with E-state index in [4.69, 9.17) is 15.9 Å². The summed E-state index contributed by atoms with van der Waals surface area (Å²) in [5.74, 6) is 2.30. The Morgan fingerprint density at radius 2 is 2.23 bits per heavy atom. The molecule has 0 fully saturated rings. The largest absolute Gasteiger partial charge is 0.457 e. The number of carbonyl (C=O) groups excluding carboxylic acids is 1. The van der Waals surface area contributed by atoms with Gasteiger partial charge in [-0.25, -0.2) is 9.78 Å². The van der Waals surface area contributed by atoms with Gasteiger partial charge in [0.2, 0.25) is 0 Å². The van der Waals surface area contributed by atoms with Crippen molar-refractivity contribution < 1.29 is 19.4 Å². The van der Waals surface area contributed by atoms with Gasteiger partial charge >= 0.3 is 5.97 Å². The summed E-state index contributed by atoms with van der Waals surface area (Å²) < 4.78 is 10.3. The number of aliphatic hydroxyl groups is 1. The number of nitrogens with one attached hydrogen (secondary N) is 1. The van der Waals surface area contributed by atoms with Gasteiger partial charge in [-0.2, -0.15) is 0 Å². The number of aliphatic hydroxyl groups excluding tert-OH is 1. The van der Waals surface area contributed by atoms with E-state index in [1.54, 1.807) is 6.92 Å². The maximum absolute atomic E-state index is 12.7. The minimum Gasteiger partial charge on any atom is -0.457 e. The van der Waals surface area contributed by atoms with Crippen LogP contribution in [-0.4, -0.2) is 64.5 Å². The van der Waals surface area contributed by atoms with Crippen molar-refractivity contribution >= 4 is 27.5 Å². The molecule has 9 heteroatoms. The van der Waals surface area contributed by atoms with Crippen LogP contribution in [0.5, 0.6) is 0 Å². The highest BCUT2D eigenvalue weighted by Crippen LogP contribution is 2.27. The van der Waals surface area contributed by atoms with Gasteiger partial charge in [-0.05, 0) is 26.3 Å². The quantitative estimate of drug-likeness (QED) is 0.241. The number of hydrogen-bond acceptors (Lipinski definition) is 8. The normalized spacial score (nSPS) is 12.3. The fourth-order valence-electron chi connectivity index (χ4n) is 2.89. The molecule has 30 heavy (non-hydrogen) atoms. The molecule has 2 aromatic rings. The fourth-order valence-corrected chi connectivity index (χ4v) is 3.98. The summed E-state index contributed by atoms with van der Waals surface area (Å²) in [6.45, 7) is 10.2. The van der Waals surface area contributed by atoms with Crippen LogP contribution in [0.4, 0.5) is 0 Å². The Kier molecular flexibility index (Phi) is 8.74. The lowest BCUT2D eigenvalue weighted by Gasteiger charge is -2.28. The maximum atomic E-state index is 12.7. The lowest BCUT2D eigenvalue weighted by molar-refractivity contribution is 0.0186. The summed E-state index contributed by atoms with van der Waals surface area (Å²) in [6.07, 6.45) is 5.89. The molecule has 0 radical (unpaired) electrons. The zero-order valence-electron chi connectivity index (χ0n) is 17.4. The zero-order chi connectivity index (χ0) is 22.3. The average Bonchev–Trinajstić information content (AvgIpc) is 3.02. The van der Waals surface area contributed by atoms with E-state index < -0.39 is 12.1 Å². The molecular formula is C21H27N3O5S. The zero-order valence-corrected chi connectivity index (χ0v) is 18.3. The van der Waals surface area contributed by atoms with E-state index in [0.717, 1.165) is 11.3 Å². The number of ether oxygens (including phenoxy) is 2. The lowest BCUT2D eigenvalue weighted by atomic mass is 10.2. The predicted octanol–water partition coefficient (Wildman–Crippen LogP) is 1.86. The van der Waals surface area contributed by atoms with Gasteiger partial charge in [-0.1, -0.05) is 18.6 Å². The summed E-state index contributed by atoms with van der Waals surface area (Å²) in [5.41, 5.74) is 0.235. The minimum atomic E-state index is -0.730. The first kappa shape index (κ1) is 23.8. The Morgan fingerprint density at radius 3 is 2.87 bits per heavy atom. The maximum Gasteiger partial charge on any atom is 0.348 e. The molecular weight excluding hydrogens is 406 g/mol. The van der Waals surface area contributed by atoms with Crippen LogP contribution in [0.2, 0.25) is 0 Å². The molecule has 0 amide bonds. The average molecular weight is 434 g/mol. The number of rotatable bonds is 11. The smallest absolute Gasteiger partial charge is 0.348 e. The van der Waals surface area contributed by atoms with Gasteiger partial charge in [0.1, 0.15) is 28.7 Å². The standard InChI is InChI=1S/C21H27N3O5S/c1-6-8-28-12-15(25)10-24(13(3)4)11-16-22-19(26)17-14(5)18(30-20(17)23-16)21(27)29-9-7-2/h1,7,13,15,25H,2,8-12H2,3-5H3,(H,22,23,26). The number of terminal acetylenes is 1. The van der Waals surface area contributed by atoms with Crippen LogP contribution in [0.15, 0.2) is 17.4 Å². The van der Waals surface area contributed by atoms with Crippen molar-refractivity contribution in [3.63, 3.8) is 0 Å². The summed E-state index contributed by atoms with van der Waals surface area (Å²) in [7, 11) is 0. The second-order valence-electron chi connectivity index (χ2n) is 7.03. The number of fused-ring (bicyclic) bond motifs is 1. The van der Waals surface area contributed by atoms with Gasteiger partial charge < -0.3 is 19.6 Å². The van der Waals surface area contributed by atoms with Crippen LogP contribution in [-0.2, 0) is 16.0 Å². The summed E-state index contributed by atoms with van der Waals surface area (Å²) >= 11 is 1.13. The molecule has 0 saturated heterocycles. The van der Waals surface area contributed by atoms with Crippen LogP contribution in [0, 0.1) is 19.3 Å². The van der Waals surface area contributed by atoms with Crippen molar-refractivity contribution in [3.05, 3.63) is 39.3 Å². The van der Waals surface area contributed by atoms with Gasteiger partial charge in [0.05, 0.1) is 24.6 Å². The Morgan fingerprint density at radius 1 is 1.50 bits per heavy atom. The molecule has 0 spiro atoms. The molecule has 1 atom stereocenters. The predicted molar refractivity (Wildman–Crippen MR) is 117 cm³/mol. The molecule has 2 aromatic heterocycles. The van der Waals surface area contributed by atoms with Crippen LogP contribution >= 0.6 is 11.3 Å². The molecule has 0 saturated carbocycles. The number of nitrogens with zero attached hydrogens (tertiary/aromatic N) is 2. The molecule has 1 unspecified atom stereocenters. The third-order valence-electron chi connectivity index (χ3n) is 4.39. The van der Waals surface area contributed by atoms with Crippen molar-refractivity contribution in [2.45, 2.75) is 39.5 Å². The second kappa shape index (κ2) is 11.0. The SMILES string of the molecule is C#CCOCC(O)CN(Cc1nc2sc(C(=O)OCC=C)c(C)c2c(=O)[nH]1)C(C)C. The molecule has 0 aromatic carbocycles. The minimum absolute atomic E-state index is 0.0859. The van der Waals surface area contributed by atoms with Gasteiger partial charge in [0.25, 0.3) is 5.56 Å². The van der Waals surface area contributed by atoms with E-state index >= 15 is 0 Å². The molecule has 2 N–H and O–H groups in total. The van der Waals surface area contributed by atoms with E-state index in [2.05, 4.69) is 22.5 Å². The highest BCUT2D eigenvalue weighted by Gasteiger charge is 2.22. The van der Waals surface area contributed by atoms with Crippen LogP contribution in [0.25, 0.3) is 10.2 Å². The van der Waals surface area contributed by atoms with Gasteiger partial charge in [0, 0.05) is 12.6 Å². The lowest BCUT2D eigenvalue weighted by Crippen LogP contribution is -2.39. The Labute approximate surface area is 179 Å². The van der Waals surface area contributed by atoms with Crippen molar-refractivity contribution in [1.29, 1.82) is 0 Å². The number of aryl methyl sites for hydroxylation is 1. The number of aromatic nitrogens is 2. The number of hydrogen-bond donors (Lipinski definition) is 2. The van der Waals surface area contributed by atoms with Crippen molar-refractivity contribution in [2.24, 2.45) is 0 Å². The number of thiophene rings is 1. The molecule has 0 aliphatic heterocycles. The molecule has 8 nitrogen and oxygen atoms in total.